The summed E-state index contributed by atoms with van der Waals surface area (Å²) < 4.78 is 0. The fourth-order valence-electron chi connectivity index (χ4n) is 0.976. The molecule has 0 radical (unpaired) electrons. The predicted octanol–water partition coefficient (Wildman–Crippen LogP) is 2.88. The number of rotatable bonds is 1. The van der Waals surface area contributed by atoms with E-state index in [-0.39, 0.29) is 0 Å². The Morgan fingerprint density at radius 1 is 0.875 bits per heavy atom. The van der Waals surface area contributed by atoms with Gasteiger partial charge in [0.25, 0.3) is 0 Å². The largest absolute Gasteiger partial charge is 0.378 e. The molecular formula is C12H14ClN3. The molecule has 4 heteroatoms. The molecule has 0 aliphatic carbocycles. The fourth-order valence-corrected chi connectivity index (χ4v) is 1.09. The number of hydrogen-bond acceptors (Lipinski definition) is 3. The van der Waals surface area contributed by atoms with Crippen LogP contribution in [0.1, 0.15) is 0 Å². The van der Waals surface area contributed by atoms with Gasteiger partial charge in [-0.3, -0.25) is 9.97 Å². The Labute approximate surface area is 101 Å². The van der Waals surface area contributed by atoms with E-state index in [1.807, 2.05) is 31.1 Å². The topological polar surface area (TPSA) is 29.0 Å². The fraction of sp³-hybridized carbons (Fsp3) is 0.167. The van der Waals surface area contributed by atoms with Crippen LogP contribution in [-0.2, 0) is 0 Å². The highest BCUT2D eigenvalue weighted by molar-refractivity contribution is 6.30. The Morgan fingerprint density at radius 3 is 1.56 bits per heavy atom. The van der Waals surface area contributed by atoms with E-state index in [1.165, 1.54) is 5.69 Å². The smallest absolute Gasteiger partial charge is 0.0436 e. The molecule has 0 atom stereocenters. The average Bonchev–Trinajstić information content (AvgIpc) is 2.32. The molecule has 84 valence electrons. The van der Waals surface area contributed by atoms with Crippen LogP contribution in [0.5, 0.6) is 0 Å². The maximum absolute atomic E-state index is 5.50. The second-order valence-corrected chi connectivity index (χ2v) is 3.70. The number of nitrogens with zero attached hydrogens (tertiary/aromatic N) is 3. The summed E-state index contributed by atoms with van der Waals surface area (Å²) >= 11 is 5.50. The van der Waals surface area contributed by atoms with Crippen molar-refractivity contribution in [2.45, 2.75) is 0 Å². The molecule has 0 aliphatic heterocycles. The van der Waals surface area contributed by atoms with E-state index >= 15 is 0 Å². The number of anilines is 1. The zero-order valence-electron chi connectivity index (χ0n) is 9.34. The van der Waals surface area contributed by atoms with Crippen molar-refractivity contribution in [3.63, 3.8) is 0 Å². The van der Waals surface area contributed by atoms with Gasteiger partial charge in [-0.15, -0.1) is 0 Å². The van der Waals surface area contributed by atoms with Gasteiger partial charge < -0.3 is 4.90 Å². The van der Waals surface area contributed by atoms with Crippen molar-refractivity contribution in [1.82, 2.24) is 9.97 Å². The summed E-state index contributed by atoms with van der Waals surface area (Å²) in [6.45, 7) is 0. The van der Waals surface area contributed by atoms with Crippen LogP contribution >= 0.6 is 11.6 Å². The molecule has 2 heterocycles. The Hall–Kier alpha value is -1.61. The van der Waals surface area contributed by atoms with Gasteiger partial charge in [0, 0.05) is 49.6 Å². The molecule has 0 unspecified atom stereocenters. The van der Waals surface area contributed by atoms with Crippen molar-refractivity contribution in [3.8, 4) is 0 Å². The molecule has 2 aromatic heterocycles. The lowest BCUT2D eigenvalue weighted by atomic mass is 10.4. The number of halogens is 1. The highest BCUT2D eigenvalue weighted by atomic mass is 35.5. The molecule has 2 aromatic rings. The molecule has 0 bridgehead atoms. The first-order chi connectivity index (χ1) is 7.70. The lowest BCUT2D eigenvalue weighted by Gasteiger charge is -2.10. The van der Waals surface area contributed by atoms with Gasteiger partial charge in [-0.1, -0.05) is 11.6 Å². The van der Waals surface area contributed by atoms with Crippen LogP contribution in [0.4, 0.5) is 5.69 Å². The number of pyridine rings is 2. The van der Waals surface area contributed by atoms with Gasteiger partial charge in [-0.05, 0) is 24.3 Å². The van der Waals surface area contributed by atoms with Gasteiger partial charge in [-0.25, -0.2) is 0 Å². The predicted molar refractivity (Wildman–Crippen MR) is 67.8 cm³/mol. The first-order valence-electron chi connectivity index (χ1n) is 4.83. The molecule has 0 aromatic carbocycles. The van der Waals surface area contributed by atoms with E-state index < -0.39 is 0 Å². The molecule has 16 heavy (non-hydrogen) atoms. The van der Waals surface area contributed by atoms with E-state index in [9.17, 15) is 0 Å². The van der Waals surface area contributed by atoms with Crippen molar-refractivity contribution in [2.75, 3.05) is 19.0 Å². The Balaban J connectivity index is 0.000000165. The van der Waals surface area contributed by atoms with Gasteiger partial charge in [0.15, 0.2) is 0 Å². The van der Waals surface area contributed by atoms with Gasteiger partial charge in [-0.2, -0.15) is 0 Å². The van der Waals surface area contributed by atoms with Gasteiger partial charge in [0.2, 0.25) is 0 Å². The molecule has 0 N–H and O–H groups in total. The first kappa shape index (κ1) is 12.5. The monoisotopic (exact) mass is 235 g/mol. The van der Waals surface area contributed by atoms with Gasteiger partial charge in [0.05, 0.1) is 0 Å². The Morgan fingerprint density at radius 2 is 1.31 bits per heavy atom. The lowest BCUT2D eigenvalue weighted by Crippen LogP contribution is -2.07. The van der Waals surface area contributed by atoms with Crippen molar-refractivity contribution in [1.29, 1.82) is 0 Å². The van der Waals surface area contributed by atoms with Gasteiger partial charge in [0.1, 0.15) is 0 Å². The molecule has 3 nitrogen and oxygen atoms in total. The van der Waals surface area contributed by atoms with Crippen LogP contribution in [-0.4, -0.2) is 24.1 Å². The van der Waals surface area contributed by atoms with Crippen LogP contribution in [0.15, 0.2) is 49.1 Å². The summed E-state index contributed by atoms with van der Waals surface area (Å²) in [6, 6.07) is 7.42. The summed E-state index contributed by atoms with van der Waals surface area (Å²) in [6.07, 6.45) is 6.88. The third kappa shape index (κ3) is 4.75. The molecule has 0 saturated carbocycles. The SMILES string of the molecule is CN(C)c1ccncc1.Clc1ccncc1. The Bertz CT molecular complexity index is 390. The molecule has 0 fully saturated rings. The second kappa shape index (κ2) is 6.80. The summed E-state index contributed by atoms with van der Waals surface area (Å²) in [7, 11) is 4.02. The molecule has 0 spiro atoms. The number of aromatic nitrogens is 2. The van der Waals surface area contributed by atoms with Crippen molar-refractivity contribution in [2.24, 2.45) is 0 Å². The third-order valence-corrected chi connectivity index (χ3v) is 2.07. The van der Waals surface area contributed by atoms with E-state index in [0.717, 1.165) is 5.02 Å². The highest BCUT2D eigenvalue weighted by Gasteiger charge is 1.88. The van der Waals surface area contributed by atoms with Crippen LogP contribution in [0, 0.1) is 0 Å². The maximum Gasteiger partial charge on any atom is 0.0436 e. The van der Waals surface area contributed by atoms with E-state index in [0.29, 0.717) is 0 Å². The third-order valence-electron chi connectivity index (χ3n) is 1.82. The summed E-state index contributed by atoms with van der Waals surface area (Å²) in [5.74, 6) is 0. The number of hydrogen-bond donors (Lipinski definition) is 0. The first-order valence-corrected chi connectivity index (χ1v) is 5.21. The van der Waals surface area contributed by atoms with Crippen LogP contribution in [0.3, 0.4) is 0 Å². The van der Waals surface area contributed by atoms with Crippen molar-refractivity contribution < 1.29 is 0 Å². The van der Waals surface area contributed by atoms with Crippen LogP contribution in [0.2, 0.25) is 5.02 Å². The Kier molecular flexibility index (Phi) is 5.29. The van der Waals surface area contributed by atoms with Crippen molar-refractivity contribution >= 4 is 17.3 Å². The van der Waals surface area contributed by atoms with E-state index in [1.54, 1.807) is 36.9 Å². The van der Waals surface area contributed by atoms with E-state index in [2.05, 4.69) is 9.97 Å². The summed E-state index contributed by atoms with van der Waals surface area (Å²) in [5, 5.41) is 0.731. The van der Waals surface area contributed by atoms with Gasteiger partial charge >= 0.3 is 0 Å². The minimum atomic E-state index is 0.731. The zero-order valence-corrected chi connectivity index (χ0v) is 10.1. The van der Waals surface area contributed by atoms with Crippen LogP contribution in [0.25, 0.3) is 0 Å². The molecular weight excluding hydrogens is 222 g/mol. The highest BCUT2D eigenvalue weighted by Crippen LogP contribution is 2.05. The van der Waals surface area contributed by atoms with Crippen LogP contribution < -0.4 is 4.90 Å². The minimum absolute atomic E-state index is 0.731. The second-order valence-electron chi connectivity index (χ2n) is 3.27. The standard InChI is InChI=1S/C7H10N2.C5H4ClN/c1-9(2)7-3-5-8-6-4-7;6-5-1-3-7-4-2-5/h3-6H,1-2H3;1-4H. The zero-order chi connectivity index (χ0) is 11.8. The lowest BCUT2D eigenvalue weighted by molar-refractivity contribution is 1.12. The normalized spacial score (nSPS) is 8.94. The molecule has 0 saturated heterocycles. The molecule has 0 aliphatic rings. The molecule has 0 amide bonds. The molecule has 2 rings (SSSR count). The minimum Gasteiger partial charge on any atom is -0.378 e. The van der Waals surface area contributed by atoms with Crippen molar-refractivity contribution in [3.05, 3.63) is 54.1 Å². The summed E-state index contributed by atoms with van der Waals surface area (Å²) in [4.78, 5) is 9.71. The maximum atomic E-state index is 5.50. The quantitative estimate of drug-likeness (QED) is 0.761. The summed E-state index contributed by atoms with van der Waals surface area (Å²) in [5.41, 5.74) is 1.19. The van der Waals surface area contributed by atoms with E-state index in [4.69, 9.17) is 11.6 Å². The average molecular weight is 236 g/mol.